The summed E-state index contributed by atoms with van der Waals surface area (Å²) in [4.78, 5) is 15.9. The Kier molecular flexibility index (Phi) is 5.23. The van der Waals surface area contributed by atoms with Gasteiger partial charge in [0.15, 0.2) is 0 Å². The summed E-state index contributed by atoms with van der Waals surface area (Å²) < 4.78 is 13.3. The summed E-state index contributed by atoms with van der Waals surface area (Å²) >= 11 is 0. The maximum Gasteiger partial charge on any atom is 0.317 e. The molecule has 1 aromatic carbocycles. The predicted molar refractivity (Wildman–Crippen MR) is 91.5 cm³/mol. The van der Waals surface area contributed by atoms with Gasteiger partial charge in [-0.3, -0.25) is 0 Å². The molecule has 0 spiro atoms. The van der Waals surface area contributed by atoms with E-state index in [4.69, 9.17) is 0 Å². The number of carbonyl (C=O) groups is 1. The number of hydrogen-bond acceptors (Lipinski definition) is 3. The van der Waals surface area contributed by atoms with Crippen molar-refractivity contribution in [3.63, 3.8) is 0 Å². The number of amides is 2. The summed E-state index contributed by atoms with van der Waals surface area (Å²) in [6.45, 7) is 1.98. The Balaban J connectivity index is 1.43. The number of urea groups is 1. The molecular formula is C18H26FN3O2. The number of aliphatic hydroxyl groups is 1. The summed E-state index contributed by atoms with van der Waals surface area (Å²) in [6.07, 6.45) is 3.39. The van der Waals surface area contributed by atoms with Crippen LogP contribution in [0.1, 0.15) is 25.7 Å². The standard InChI is InChI=1S/C18H26FN3O2/c1-21(12-17(23)13-5-6-13)18(24)20-15-7-9-22(10-8-15)16-4-2-3-14(19)11-16/h2-4,11,13,15,17,23H,5-10,12H2,1H3,(H,20,24). The normalized spacial score (nSPS) is 19.9. The minimum Gasteiger partial charge on any atom is -0.391 e. The fourth-order valence-electron chi connectivity index (χ4n) is 3.23. The van der Waals surface area contributed by atoms with Gasteiger partial charge in [-0.2, -0.15) is 0 Å². The molecule has 1 saturated heterocycles. The predicted octanol–water partition coefficient (Wildman–Crippen LogP) is 2.21. The fourth-order valence-corrected chi connectivity index (χ4v) is 3.23. The van der Waals surface area contributed by atoms with E-state index in [1.807, 2.05) is 6.07 Å². The Morgan fingerprint density at radius 3 is 2.71 bits per heavy atom. The lowest BCUT2D eigenvalue weighted by Gasteiger charge is -2.34. The molecule has 132 valence electrons. The molecule has 24 heavy (non-hydrogen) atoms. The number of hydrogen-bond donors (Lipinski definition) is 2. The smallest absolute Gasteiger partial charge is 0.317 e. The minimum atomic E-state index is -0.407. The highest BCUT2D eigenvalue weighted by molar-refractivity contribution is 5.74. The van der Waals surface area contributed by atoms with Crippen LogP contribution in [0.25, 0.3) is 0 Å². The van der Waals surface area contributed by atoms with Crippen LogP contribution >= 0.6 is 0 Å². The quantitative estimate of drug-likeness (QED) is 0.867. The Hall–Kier alpha value is -1.82. The van der Waals surface area contributed by atoms with Crippen LogP contribution in [-0.4, -0.2) is 54.9 Å². The van der Waals surface area contributed by atoms with Gasteiger partial charge in [0.1, 0.15) is 5.82 Å². The monoisotopic (exact) mass is 335 g/mol. The van der Waals surface area contributed by atoms with E-state index in [1.165, 1.54) is 6.07 Å². The molecule has 0 radical (unpaired) electrons. The van der Waals surface area contributed by atoms with Gasteiger partial charge >= 0.3 is 6.03 Å². The first kappa shape index (κ1) is 17.0. The van der Waals surface area contributed by atoms with E-state index in [0.29, 0.717) is 12.5 Å². The largest absolute Gasteiger partial charge is 0.391 e. The molecule has 1 aliphatic carbocycles. The summed E-state index contributed by atoms with van der Waals surface area (Å²) in [5.41, 5.74) is 0.893. The zero-order chi connectivity index (χ0) is 17.1. The number of nitrogens with zero attached hydrogens (tertiary/aromatic N) is 2. The van der Waals surface area contributed by atoms with Gasteiger partial charge < -0.3 is 20.2 Å². The third-order valence-electron chi connectivity index (χ3n) is 4.97. The van der Waals surface area contributed by atoms with Gasteiger partial charge in [0.25, 0.3) is 0 Å². The van der Waals surface area contributed by atoms with Gasteiger partial charge in [-0.15, -0.1) is 0 Å². The van der Waals surface area contributed by atoms with Crippen molar-refractivity contribution in [2.75, 3.05) is 31.6 Å². The first-order valence-corrected chi connectivity index (χ1v) is 8.73. The average molecular weight is 335 g/mol. The van der Waals surface area contributed by atoms with Crippen LogP contribution in [-0.2, 0) is 0 Å². The molecular weight excluding hydrogens is 309 g/mol. The summed E-state index contributed by atoms with van der Waals surface area (Å²) in [7, 11) is 1.73. The Morgan fingerprint density at radius 1 is 1.38 bits per heavy atom. The summed E-state index contributed by atoms with van der Waals surface area (Å²) in [5, 5.41) is 13.0. The number of halogens is 1. The maximum absolute atomic E-state index is 13.3. The van der Waals surface area contributed by atoms with E-state index in [-0.39, 0.29) is 17.9 Å². The van der Waals surface area contributed by atoms with Crippen molar-refractivity contribution in [2.45, 2.75) is 37.8 Å². The Labute approximate surface area is 142 Å². The number of piperidine rings is 1. The molecule has 0 bridgehead atoms. The van der Waals surface area contributed by atoms with Gasteiger partial charge in [0.05, 0.1) is 6.10 Å². The first-order chi connectivity index (χ1) is 11.5. The Morgan fingerprint density at radius 2 is 2.08 bits per heavy atom. The van der Waals surface area contributed by atoms with Crippen LogP contribution in [0.5, 0.6) is 0 Å². The molecule has 1 aromatic rings. The van der Waals surface area contributed by atoms with E-state index in [9.17, 15) is 14.3 Å². The topological polar surface area (TPSA) is 55.8 Å². The molecule has 1 heterocycles. The van der Waals surface area contributed by atoms with Crippen LogP contribution in [0.3, 0.4) is 0 Å². The second kappa shape index (κ2) is 7.38. The molecule has 2 aliphatic rings. The molecule has 1 atom stereocenters. The van der Waals surface area contributed by atoms with Crippen molar-refractivity contribution < 1.29 is 14.3 Å². The number of carbonyl (C=O) groups excluding carboxylic acids is 1. The number of rotatable bonds is 5. The molecule has 6 heteroatoms. The SMILES string of the molecule is CN(CC(O)C1CC1)C(=O)NC1CCN(c2cccc(F)c2)CC1. The molecule has 1 aliphatic heterocycles. The molecule has 5 nitrogen and oxygen atoms in total. The molecule has 3 rings (SSSR count). The lowest BCUT2D eigenvalue weighted by atomic mass is 10.0. The van der Waals surface area contributed by atoms with E-state index in [2.05, 4.69) is 10.2 Å². The highest BCUT2D eigenvalue weighted by Gasteiger charge is 2.31. The number of likely N-dealkylation sites (N-methyl/N-ethyl adjacent to an activating group) is 1. The third kappa shape index (κ3) is 4.38. The number of anilines is 1. The van der Waals surface area contributed by atoms with Crippen LogP contribution in [0.4, 0.5) is 14.9 Å². The van der Waals surface area contributed by atoms with E-state index < -0.39 is 6.10 Å². The summed E-state index contributed by atoms with van der Waals surface area (Å²) in [6, 6.07) is 6.63. The molecule has 2 N–H and O–H groups in total. The van der Waals surface area contributed by atoms with Gasteiger partial charge in [0, 0.05) is 38.4 Å². The third-order valence-corrected chi connectivity index (χ3v) is 4.97. The molecule has 1 saturated carbocycles. The van der Waals surface area contributed by atoms with Crippen molar-refractivity contribution in [3.8, 4) is 0 Å². The van der Waals surface area contributed by atoms with Crippen LogP contribution in [0, 0.1) is 11.7 Å². The zero-order valence-electron chi connectivity index (χ0n) is 14.1. The molecule has 2 fully saturated rings. The van der Waals surface area contributed by atoms with Crippen LogP contribution in [0.15, 0.2) is 24.3 Å². The van der Waals surface area contributed by atoms with Crippen molar-refractivity contribution >= 4 is 11.7 Å². The number of nitrogens with one attached hydrogen (secondary N) is 1. The second-order valence-corrected chi connectivity index (χ2v) is 6.98. The van der Waals surface area contributed by atoms with Gasteiger partial charge in [-0.1, -0.05) is 6.07 Å². The maximum atomic E-state index is 13.3. The van der Waals surface area contributed by atoms with Crippen molar-refractivity contribution in [1.82, 2.24) is 10.2 Å². The van der Waals surface area contributed by atoms with Gasteiger partial charge in [-0.25, -0.2) is 9.18 Å². The first-order valence-electron chi connectivity index (χ1n) is 8.73. The highest BCUT2D eigenvalue weighted by atomic mass is 19.1. The van der Waals surface area contributed by atoms with Crippen molar-refractivity contribution in [1.29, 1.82) is 0 Å². The zero-order valence-corrected chi connectivity index (χ0v) is 14.1. The number of benzene rings is 1. The van der Waals surface area contributed by atoms with E-state index in [0.717, 1.165) is 44.5 Å². The molecule has 2 amide bonds. The highest BCUT2D eigenvalue weighted by Crippen LogP contribution is 2.32. The Bertz CT molecular complexity index is 571. The van der Waals surface area contributed by atoms with E-state index in [1.54, 1.807) is 24.1 Å². The van der Waals surface area contributed by atoms with Gasteiger partial charge in [-0.05, 0) is 49.8 Å². The van der Waals surface area contributed by atoms with E-state index >= 15 is 0 Å². The second-order valence-electron chi connectivity index (χ2n) is 6.98. The minimum absolute atomic E-state index is 0.126. The van der Waals surface area contributed by atoms with Crippen molar-refractivity contribution in [2.24, 2.45) is 5.92 Å². The molecule has 0 aromatic heterocycles. The number of aliphatic hydroxyl groups excluding tert-OH is 1. The lowest BCUT2D eigenvalue weighted by Crippen LogP contribution is -2.49. The van der Waals surface area contributed by atoms with Gasteiger partial charge in [0.2, 0.25) is 0 Å². The molecule has 1 unspecified atom stereocenters. The van der Waals surface area contributed by atoms with Crippen molar-refractivity contribution in [3.05, 3.63) is 30.1 Å². The summed E-state index contributed by atoms with van der Waals surface area (Å²) in [5.74, 6) is 0.147. The lowest BCUT2D eigenvalue weighted by molar-refractivity contribution is 0.112. The van der Waals surface area contributed by atoms with Crippen LogP contribution < -0.4 is 10.2 Å². The fraction of sp³-hybridized carbons (Fsp3) is 0.611. The average Bonchev–Trinajstić information content (AvgIpc) is 3.40. The van der Waals surface area contributed by atoms with Crippen LogP contribution in [0.2, 0.25) is 0 Å².